The highest BCUT2D eigenvalue weighted by atomic mass is 35.5. The molecule has 2 N–H and O–H groups in total. The number of aromatic nitrogens is 2. The van der Waals surface area contributed by atoms with Crippen LogP contribution in [-0.4, -0.2) is 9.55 Å². The second-order valence-electron chi connectivity index (χ2n) is 4.50. The molecule has 0 atom stereocenters. The molecule has 1 aromatic heterocycles. The molecule has 19 heavy (non-hydrogen) atoms. The number of rotatable bonds is 4. The highest BCUT2D eigenvalue weighted by Crippen LogP contribution is 2.36. The second kappa shape index (κ2) is 5.85. The smallest absolute Gasteiger partial charge is 0.131 e. The van der Waals surface area contributed by atoms with Gasteiger partial charge in [0, 0.05) is 12.1 Å². The molecule has 1 aromatic carbocycles. The Hall–Kier alpha value is -1.19. The number of anilines is 1. The van der Waals surface area contributed by atoms with Gasteiger partial charge in [0.25, 0.3) is 0 Å². The van der Waals surface area contributed by atoms with E-state index < -0.39 is 0 Å². The normalized spacial score (nSPS) is 10.9. The van der Waals surface area contributed by atoms with Gasteiger partial charge in [0.2, 0.25) is 0 Å². The van der Waals surface area contributed by atoms with E-state index >= 15 is 0 Å². The largest absolute Gasteiger partial charge is 0.383 e. The van der Waals surface area contributed by atoms with Crippen molar-refractivity contribution >= 4 is 29.0 Å². The summed E-state index contributed by atoms with van der Waals surface area (Å²) in [6.45, 7) is 4.98. The number of nitrogens with zero attached hydrogens (tertiary/aromatic N) is 2. The van der Waals surface area contributed by atoms with Gasteiger partial charge in [-0.3, -0.25) is 0 Å². The summed E-state index contributed by atoms with van der Waals surface area (Å²) in [5, 5.41) is 1.01. The van der Waals surface area contributed by atoms with Crippen LogP contribution in [0.3, 0.4) is 0 Å². The zero-order valence-electron chi connectivity index (χ0n) is 11.1. The van der Waals surface area contributed by atoms with Crippen molar-refractivity contribution < 1.29 is 0 Å². The predicted octanol–water partition coefficient (Wildman–Crippen LogP) is 4.55. The number of unbranched alkanes of at least 4 members (excludes halogenated alkanes) is 1. The molecule has 0 saturated carbocycles. The van der Waals surface area contributed by atoms with Crippen LogP contribution in [0.15, 0.2) is 18.2 Å². The number of hydrogen-bond donors (Lipinski definition) is 1. The van der Waals surface area contributed by atoms with Crippen molar-refractivity contribution in [3.05, 3.63) is 34.1 Å². The molecule has 102 valence electrons. The summed E-state index contributed by atoms with van der Waals surface area (Å²) in [7, 11) is 0. The Kier molecular flexibility index (Phi) is 4.38. The molecule has 5 heteroatoms. The topological polar surface area (TPSA) is 43.8 Å². The fourth-order valence-electron chi connectivity index (χ4n) is 2.06. The van der Waals surface area contributed by atoms with Gasteiger partial charge < -0.3 is 10.3 Å². The molecule has 0 aliphatic heterocycles. The molecule has 0 fully saturated rings. The van der Waals surface area contributed by atoms with E-state index in [1.807, 2.05) is 23.6 Å². The van der Waals surface area contributed by atoms with E-state index in [1.54, 1.807) is 6.07 Å². The van der Waals surface area contributed by atoms with Crippen LogP contribution in [0.2, 0.25) is 10.0 Å². The first-order valence-corrected chi connectivity index (χ1v) is 7.08. The zero-order chi connectivity index (χ0) is 14.0. The molecule has 1 heterocycles. The second-order valence-corrected chi connectivity index (χ2v) is 5.28. The van der Waals surface area contributed by atoms with Gasteiger partial charge in [0.15, 0.2) is 0 Å². The SMILES string of the molecule is CCCCn1c(C)nc(-c2cccc(Cl)c2Cl)c1N. The molecule has 2 rings (SSSR count). The van der Waals surface area contributed by atoms with Gasteiger partial charge >= 0.3 is 0 Å². The average Bonchev–Trinajstić information content (AvgIpc) is 2.66. The number of imidazole rings is 1. The Labute approximate surface area is 123 Å². The van der Waals surface area contributed by atoms with Crippen LogP contribution in [0.5, 0.6) is 0 Å². The van der Waals surface area contributed by atoms with Crippen molar-refractivity contribution in [2.45, 2.75) is 33.2 Å². The first kappa shape index (κ1) is 14.2. The van der Waals surface area contributed by atoms with E-state index in [4.69, 9.17) is 28.9 Å². The molecule has 0 unspecified atom stereocenters. The first-order chi connectivity index (χ1) is 9.06. The van der Waals surface area contributed by atoms with Crippen molar-refractivity contribution in [3.8, 4) is 11.3 Å². The minimum Gasteiger partial charge on any atom is -0.383 e. The zero-order valence-corrected chi connectivity index (χ0v) is 12.6. The van der Waals surface area contributed by atoms with Crippen molar-refractivity contribution in [2.75, 3.05) is 5.73 Å². The van der Waals surface area contributed by atoms with E-state index in [0.29, 0.717) is 21.6 Å². The fourth-order valence-corrected chi connectivity index (χ4v) is 2.45. The minimum atomic E-state index is 0.496. The highest BCUT2D eigenvalue weighted by molar-refractivity contribution is 6.43. The summed E-state index contributed by atoms with van der Waals surface area (Å²) in [6.07, 6.45) is 2.19. The lowest BCUT2D eigenvalue weighted by molar-refractivity contribution is 0.622. The maximum Gasteiger partial charge on any atom is 0.131 e. The summed E-state index contributed by atoms with van der Waals surface area (Å²) in [5.74, 6) is 1.55. The third-order valence-corrected chi connectivity index (χ3v) is 3.96. The summed E-state index contributed by atoms with van der Waals surface area (Å²) >= 11 is 12.3. The van der Waals surface area contributed by atoms with Crippen LogP contribution in [0, 0.1) is 6.92 Å². The maximum atomic E-state index is 6.23. The number of nitrogens with two attached hydrogens (primary N) is 1. The van der Waals surface area contributed by atoms with Crippen molar-refractivity contribution in [2.24, 2.45) is 0 Å². The Morgan fingerprint density at radius 3 is 2.74 bits per heavy atom. The number of aryl methyl sites for hydroxylation is 1. The van der Waals surface area contributed by atoms with Crippen molar-refractivity contribution in [3.63, 3.8) is 0 Å². The highest BCUT2D eigenvalue weighted by Gasteiger charge is 2.16. The lowest BCUT2D eigenvalue weighted by Crippen LogP contribution is -2.05. The van der Waals surface area contributed by atoms with Gasteiger partial charge in [-0.15, -0.1) is 0 Å². The minimum absolute atomic E-state index is 0.496. The van der Waals surface area contributed by atoms with Crippen LogP contribution < -0.4 is 5.73 Å². The van der Waals surface area contributed by atoms with Crippen molar-refractivity contribution in [1.29, 1.82) is 0 Å². The van der Waals surface area contributed by atoms with E-state index in [-0.39, 0.29) is 0 Å². The van der Waals surface area contributed by atoms with Crippen molar-refractivity contribution in [1.82, 2.24) is 9.55 Å². The predicted molar refractivity (Wildman–Crippen MR) is 81.7 cm³/mol. The Morgan fingerprint density at radius 2 is 2.05 bits per heavy atom. The summed E-state index contributed by atoms with van der Waals surface area (Å²) in [5.41, 5.74) is 7.69. The monoisotopic (exact) mass is 297 g/mol. The van der Waals surface area contributed by atoms with Gasteiger partial charge in [0.05, 0.1) is 10.0 Å². The van der Waals surface area contributed by atoms with E-state index in [9.17, 15) is 0 Å². The summed E-state index contributed by atoms with van der Waals surface area (Å²) in [6, 6.07) is 5.49. The number of halogens is 2. The quantitative estimate of drug-likeness (QED) is 0.900. The lowest BCUT2D eigenvalue weighted by Gasteiger charge is -2.07. The van der Waals surface area contributed by atoms with Gasteiger partial charge in [0.1, 0.15) is 17.3 Å². The Balaban J connectivity index is 2.49. The van der Waals surface area contributed by atoms with Gasteiger partial charge in [-0.2, -0.15) is 0 Å². The van der Waals surface area contributed by atoms with E-state index in [2.05, 4.69) is 11.9 Å². The molecule has 2 aromatic rings. The molecule has 0 aliphatic carbocycles. The molecule has 3 nitrogen and oxygen atoms in total. The number of benzene rings is 1. The van der Waals surface area contributed by atoms with Crippen LogP contribution in [-0.2, 0) is 6.54 Å². The average molecular weight is 298 g/mol. The molecule has 0 aliphatic rings. The third kappa shape index (κ3) is 2.72. The number of nitrogen functional groups attached to an aromatic ring is 1. The standard InChI is InChI=1S/C14H17Cl2N3/c1-3-4-8-19-9(2)18-13(14(19)17)10-6-5-7-11(15)12(10)16/h5-7H,3-4,8,17H2,1-2H3. The maximum absolute atomic E-state index is 6.23. The van der Waals surface area contributed by atoms with E-state index in [1.165, 1.54) is 0 Å². The first-order valence-electron chi connectivity index (χ1n) is 6.33. The molecule has 0 spiro atoms. The third-order valence-electron chi connectivity index (χ3n) is 3.14. The van der Waals surface area contributed by atoms with Crippen LogP contribution in [0.25, 0.3) is 11.3 Å². The molecular formula is C14H17Cl2N3. The summed E-state index contributed by atoms with van der Waals surface area (Å²) < 4.78 is 2.02. The number of hydrogen-bond acceptors (Lipinski definition) is 2. The van der Waals surface area contributed by atoms with Gasteiger partial charge in [-0.05, 0) is 19.4 Å². The molecule has 0 saturated heterocycles. The van der Waals surface area contributed by atoms with Gasteiger partial charge in [-0.1, -0.05) is 48.7 Å². The molecule has 0 amide bonds. The fraction of sp³-hybridized carbons (Fsp3) is 0.357. The Morgan fingerprint density at radius 1 is 1.32 bits per heavy atom. The lowest BCUT2D eigenvalue weighted by atomic mass is 10.1. The van der Waals surface area contributed by atoms with Gasteiger partial charge in [-0.25, -0.2) is 4.98 Å². The molecule has 0 bridgehead atoms. The van der Waals surface area contributed by atoms with Crippen LogP contribution >= 0.6 is 23.2 Å². The van der Waals surface area contributed by atoms with E-state index in [0.717, 1.165) is 30.8 Å². The summed E-state index contributed by atoms with van der Waals surface area (Å²) in [4.78, 5) is 4.53. The molecular weight excluding hydrogens is 281 g/mol. The Bertz CT molecular complexity index is 591. The van der Waals surface area contributed by atoms with Crippen LogP contribution in [0.1, 0.15) is 25.6 Å². The van der Waals surface area contributed by atoms with Crippen LogP contribution in [0.4, 0.5) is 5.82 Å². The molecule has 0 radical (unpaired) electrons.